The molecule has 0 spiro atoms. The average molecular weight is 531 g/mol. The molecule has 1 saturated heterocycles. The van der Waals surface area contributed by atoms with Gasteiger partial charge in [0.1, 0.15) is 12.4 Å². The Balaban J connectivity index is 1.52. The highest BCUT2D eigenvalue weighted by molar-refractivity contribution is 5.79. The molecule has 1 fully saturated rings. The molecule has 0 aliphatic carbocycles. The van der Waals surface area contributed by atoms with E-state index in [4.69, 9.17) is 9.47 Å². The molecule has 0 saturated carbocycles. The number of aromatic amines is 1. The van der Waals surface area contributed by atoms with E-state index in [-0.39, 0.29) is 5.56 Å². The van der Waals surface area contributed by atoms with Crippen LogP contribution in [0.5, 0.6) is 5.75 Å². The molecule has 7 heteroatoms. The van der Waals surface area contributed by atoms with Crippen molar-refractivity contribution < 1.29 is 9.47 Å². The maximum Gasteiger partial charge on any atom is 0.253 e. The molecule has 2 aromatic carbocycles. The van der Waals surface area contributed by atoms with E-state index in [1.54, 1.807) is 0 Å². The van der Waals surface area contributed by atoms with Gasteiger partial charge in [0.15, 0.2) is 0 Å². The van der Waals surface area contributed by atoms with Gasteiger partial charge in [0.05, 0.1) is 13.2 Å². The van der Waals surface area contributed by atoms with E-state index in [1.165, 1.54) is 0 Å². The van der Waals surface area contributed by atoms with Crippen LogP contribution in [-0.4, -0.2) is 62.9 Å². The normalized spacial score (nSPS) is 13.8. The highest BCUT2D eigenvalue weighted by Gasteiger charge is 2.15. The number of nitrogens with one attached hydrogen (secondary N) is 2. The van der Waals surface area contributed by atoms with Crippen LogP contribution in [0, 0.1) is 20.8 Å². The fourth-order valence-corrected chi connectivity index (χ4v) is 5.00. The number of ether oxygens (including phenoxy) is 2. The number of aromatic nitrogens is 1. The lowest BCUT2D eigenvalue weighted by Crippen LogP contribution is -2.38. The molecule has 0 bridgehead atoms. The Labute approximate surface area is 232 Å². The van der Waals surface area contributed by atoms with Crippen molar-refractivity contribution in [3.8, 4) is 16.9 Å². The van der Waals surface area contributed by atoms with Crippen molar-refractivity contribution in [3.63, 3.8) is 0 Å². The highest BCUT2D eigenvalue weighted by Crippen LogP contribution is 2.33. The van der Waals surface area contributed by atoms with Crippen molar-refractivity contribution in [3.05, 3.63) is 87.3 Å². The van der Waals surface area contributed by atoms with Crippen LogP contribution < -0.4 is 20.5 Å². The van der Waals surface area contributed by atoms with E-state index in [0.29, 0.717) is 13.2 Å². The first kappa shape index (κ1) is 28.5. The molecule has 0 amide bonds. The summed E-state index contributed by atoms with van der Waals surface area (Å²) in [4.78, 5) is 20.0. The molecule has 39 heavy (non-hydrogen) atoms. The van der Waals surface area contributed by atoms with Gasteiger partial charge >= 0.3 is 0 Å². The number of H-pyrrole nitrogens is 1. The van der Waals surface area contributed by atoms with E-state index >= 15 is 0 Å². The Hall–Kier alpha value is -3.55. The summed E-state index contributed by atoms with van der Waals surface area (Å²) >= 11 is 0. The molecule has 7 nitrogen and oxygen atoms in total. The van der Waals surface area contributed by atoms with Crippen molar-refractivity contribution in [2.75, 3.05) is 57.9 Å². The van der Waals surface area contributed by atoms with E-state index in [9.17, 15) is 4.79 Å². The number of aryl methyl sites for hydroxylation is 2. The van der Waals surface area contributed by atoms with Crippen molar-refractivity contribution in [2.24, 2.45) is 0 Å². The molecule has 208 valence electrons. The number of morpholine rings is 1. The van der Waals surface area contributed by atoms with Gasteiger partial charge in [-0.2, -0.15) is 0 Å². The minimum absolute atomic E-state index is 0.0584. The number of anilines is 1. The summed E-state index contributed by atoms with van der Waals surface area (Å²) < 4.78 is 11.4. The van der Waals surface area contributed by atoms with Gasteiger partial charge in [-0.05, 0) is 80.3 Å². The fourth-order valence-electron chi connectivity index (χ4n) is 5.00. The number of hydrogen-bond donors (Lipinski definition) is 2. The molecule has 2 N–H and O–H groups in total. The zero-order valence-electron chi connectivity index (χ0n) is 24.0. The minimum atomic E-state index is -0.0584. The number of hydrogen-bond acceptors (Lipinski definition) is 6. The van der Waals surface area contributed by atoms with Gasteiger partial charge in [-0.1, -0.05) is 18.7 Å². The lowest BCUT2D eigenvalue weighted by molar-refractivity contribution is 0.0322. The predicted octanol–water partition coefficient (Wildman–Crippen LogP) is 4.89. The second-order valence-electron chi connectivity index (χ2n) is 10.3. The van der Waals surface area contributed by atoms with Crippen molar-refractivity contribution in [2.45, 2.75) is 34.2 Å². The third-order valence-corrected chi connectivity index (χ3v) is 7.53. The van der Waals surface area contributed by atoms with Gasteiger partial charge < -0.3 is 24.7 Å². The van der Waals surface area contributed by atoms with Crippen molar-refractivity contribution in [1.82, 2.24) is 15.2 Å². The van der Waals surface area contributed by atoms with Crippen LogP contribution in [0.2, 0.25) is 0 Å². The van der Waals surface area contributed by atoms with Crippen molar-refractivity contribution in [1.29, 1.82) is 0 Å². The number of benzene rings is 2. The quantitative estimate of drug-likeness (QED) is 0.368. The van der Waals surface area contributed by atoms with Crippen LogP contribution in [0.4, 0.5) is 5.69 Å². The molecule has 1 aromatic heterocycles. The highest BCUT2D eigenvalue weighted by atomic mass is 16.5. The smallest absolute Gasteiger partial charge is 0.253 e. The number of nitrogens with zero attached hydrogens (tertiary/aromatic N) is 2. The summed E-state index contributed by atoms with van der Waals surface area (Å²) in [7, 11) is 2.10. The Kier molecular flexibility index (Phi) is 9.49. The van der Waals surface area contributed by atoms with Gasteiger partial charge in [-0.15, -0.1) is 0 Å². The van der Waals surface area contributed by atoms with Crippen LogP contribution in [0.1, 0.15) is 34.9 Å². The molecule has 2 heterocycles. The Bertz CT molecular complexity index is 1340. The summed E-state index contributed by atoms with van der Waals surface area (Å²) in [5.74, 6) is 0.870. The molecule has 1 aliphatic rings. The Morgan fingerprint density at radius 2 is 1.82 bits per heavy atom. The van der Waals surface area contributed by atoms with Gasteiger partial charge in [0.2, 0.25) is 0 Å². The van der Waals surface area contributed by atoms with Crippen LogP contribution in [0.3, 0.4) is 0 Å². The molecule has 0 atom stereocenters. The monoisotopic (exact) mass is 530 g/mol. The molecule has 0 radical (unpaired) electrons. The first-order valence-corrected chi connectivity index (χ1v) is 13.8. The molecule has 0 unspecified atom stereocenters. The standard InChI is InChI=1S/C32H42N4O3/c1-7-35(6)31-20-27(26-8-10-28(11-9-26)39-17-14-36-12-15-38-16-13-36)19-29(24(31)4)25(5)33-21-30-22(2)18-23(3)34-32(30)37/h8-11,18-20,33H,5,7,12-17,21H2,1-4,6H3,(H,34,37). The zero-order chi connectivity index (χ0) is 27.9. The second-order valence-corrected chi connectivity index (χ2v) is 10.3. The third-order valence-electron chi connectivity index (χ3n) is 7.53. The lowest BCUT2D eigenvalue weighted by atomic mass is 9.95. The van der Waals surface area contributed by atoms with Crippen LogP contribution in [0.25, 0.3) is 16.8 Å². The Morgan fingerprint density at radius 3 is 2.49 bits per heavy atom. The van der Waals surface area contributed by atoms with E-state index < -0.39 is 0 Å². The van der Waals surface area contributed by atoms with Crippen LogP contribution in [-0.2, 0) is 11.3 Å². The second kappa shape index (κ2) is 13.0. The number of pyridine rings is 1. The minimum Gasteiger partial charge on any atom is -0.492 e. The van der Waals surface area contributed by atoms with Crippen molar-refractivity contribution >= 4 is 11.4 Å². The fraction of sp³-hybridized carbons (Fsp3) is 0.406. The lowest BCUT2D eigenvalue weighted by Gasteiger charge is -2.26. The summed E-state index contributed by atoms with van der Waals surface area (Å²) in [6.07, 6.45) is 0. The van der Waals surface area contributed by atoms with Gasteiger partial charge in [0.25, 0.3) is 5.56 Å². The Morgan fingerprint density at radius 1 is 1.10 bits per heavy atom. The molecule has 3 aromatic rings. The van der Waals surface area contributed by atoms with E-state index in [0.717, 1.165) is 95.6 Å². The maximum atomic E-state index is 12.5. The first-order valence-electron chi connectivity index (χ1n) is 13.8. The summed E-state index contributed by atoms with van der Waals surface area (Å²) in [5, 5.41) is 3.41. The largest absolute Gasteiger partial charge is 0.492 e. The van der Waals surface area contributed by atoms with Crippen LogP contribution in [0.15, 0.2) is 53.8 Å². The SMILES string of the molecule is C=C(NCc1c(C)cc(C)[nH]c1=O)c1cc(-c2ccc(OCCN3CCOCC3)cc2)cc(N(C)CC)c1C. The molecule has 4 rings (SSSR count). The van der Waals surface area contributed by atoms with Gasteiger partial charge in [-0.3, -0.25) is 9.69 Å². The van der Waals surface area contributed by atoms with Gasteiger partial charge in [-0.25, -0.2) is 0 Å². The summed E-state index contributed by atoms with van der Waals surface area (Å²) in [5.41, 5.74) is 8.87. The molecule has 1 aliphatic heterocycles. The average Bonchev–Trinajstić information content (AvgIpc) is 2.93. The topological polar surface area (TPSA) is 69.8 Å². The number of rotatable bonds is 11. The van der Waals surface area contributed by atoms with E-state index in [2.05, 4.69) is 71.8 Å². The molecular formula is C32H42N4O3. The van der Waals surface area contributed by atoms with Gasteiger partial charge in [0, 0.05) is 68.0 Å². The summed E-state index contributed by atoms with van der Waals surface area (Å²) in [6, 6.07) is 14.7. The summed E-state index contributed by atoms with van der Waals surface area (Å²) in [6.45, 7) is 18.9. The molecular weight excluding hydrogens is 488 g/mol. The first-order chi connectivity index (χ1) is 18.8. The maximum absolute atomic E-state index is 12.5. The van der Waals surface area contributed by atoms with Crippen LogP contribution >= 0.6 is 0 Å². The zero-order valence-corrected chi connectivity index (χ0v) is 24.0. The van der Waals surface area contributed by atoms with E-state index in [1.807, 2.05) is 32.0 Å². The predicted molar refractivity (Wildman–Crippen MR) is 161 cm³/mol. The third kappa shape index (κ3) is 7.11.